The molecule has 0 unspecified atom stereocenters. The fourth-order valence-electron chi connectivity index (χ4n) is 4.73. The number of carbonyl (C=O) groups is 1. The molecular weight excluding hydrogens is 452 g/mol. The summed E-state index contributed by atoms with van der Waals surface area (Å²) in [7, 11) is -3.50. The minimum atomic E-state index is -3.50. The van der Waals surface area contributed by atoms with Gasteiger partial charge in [-0.15, -0.1) is 0 Å². The van der Waals surface area contributed by atoms with Gasteiger partial charge in [-0.05, 0) is 61.9 Å². The summed E-state index contributed by atoms with van der Waals surface area (Å²) in [5.41, 5.74) is 3.67. The van der Waals surface area contributed by atoms with Gasteiger partial charge in [-0.2, -0.15) is 4.31 Å². The first kappa shape index (κ1) is 22.4. The molecular formula is C26H28N2O3S2. The molecule has 172 valence electrons. The molecule has 7 heteroatoms. The SMILES string of the molecule is O=C(C1=C2SC=C(c3ccccc3)N2CCCC1)c1ccc(S(=O)(=O)N2CCCCC2)cc1. The Hall–Kier alpha value is -2.35. The van der Waals surface area contributed by atoms with Crippen LogP contribution in [0.2, 0.25) is 0 Å². The van der Waals surface area contributed by atoms with Gasteiger partial charge in [0.25, 0.3) is 0 Å². The van der Waals surface area contributed by atoms with Crippen molar-refractivity contribution in [3.63, 3.8) is 0 Å². The van der Waals surface area contributed by atoms with Crippen molar-refractivity contribution < 1.29 is 13.2 Å². The Morgan fingerprint density at radius 2 is 1.52 bits per heavy atom. The molecule has 5 nitrogen and oxygen atoms in total. The van der Waals surface area contributed by atoms with E-state index in [2.05, 4.69) is 22.4 Å². The van der Waals surface area contributed by atoms with Gasteiger partial charge in [-0.1, -0.05) is 48.5 Å². The molecule has 2 aromatic rings. The Morgan fingerprint density at radius 1 is 0.818 bits per heavy atom. The monoisotopic (exact) mass is 480 g/mol. The van der Waals surface area contributed by atoms with Crippen molar-refractivity contribution in [1.29, 1.82) is 0 Å². The van der Waals surface area contributed by atoms with Crippen molar-refractivity contribution in [2.24, 2.45) is 0 Å². The molecule has 0 saturated carbocycles. The lowest BCUT2D eigenvalue weighted by molar-refractivity contribution is 0.102. The van der Waals surface area contributed by atoms with Crippen molar-refractivity contribution in [2.45, 2.75) is 43.4 Å². The van der Waals surface area contributed by atoms with E-state index in [4.69, 9.17) is 0 Å². The fraction of sp³-hybridized carbons (Fsp3) is 0.346. The van der Waals surface area contributed by atoms with Crippen molar-refractivity contribution in [3.05, 3.63) is 81.7 Å². The Balaban J connectivity index is 1.41. The fourth-order valence-corrected chi connectivity index (χ4v) is 7.39. The van der Waals surface area contributed by atoms with E-state index in [-0.39, 0.29) is 10.7 Å². The molecule has 0 atom stereocenters. The molecule has 0 bridgehead atoms. The Labute approximate surface area is 200 Å². The summed E-state index contributed by atoms with van der Waals surface area (Å²) in [4.78, 5) is 16.1. The predicted molar refractivity (Wildman–Crippen MR) is 133 cm³/mol. The number of thioether (sulfide) groups is 1. The standard InChI is InChI=1S/C26H28N2O3S2/c29-25(21-12-14-22(15-13-21)33(30,31)27-16-6-2-7-17-27)23-11-5-8-18-28-24(19-32-26(23)28)20-9-3-1-4-10-20/h1,3-4,9-10,12-15,19H,2,5-8,11,16-18H2. The van der Waals surface area contributed by atoms with Gasteiger partial charge in [0.05, 0.1) is 15.6 Å². The van der Waals surface area contributed by atoms with Gasteiger partial charge >= 0.3 is 0 Å². The Kier molecular flexibility index (Phi) is 6.45. The highest BCUT2D eigenvalue weighted by Crippen LogP contribution is 2.44. The minimum absolute atomic E-state index is 0.00553. The third-order valence-corrected chi connectivity index (χ3v) is 9.49. The number of allylic oxidation sites excluding steroid dienone is 1. The molecule has 0 aromatic heterocycles. The number of hydrogen-bond acceptors (Lipinski definition) is 5. The van der Waals surface area contributed by atoms with Gasteiger partial charge in [-0.3, -0.25) is 4.79 Å². The van der Waals surface area contributed by atoms with E-state index in [1.807, 2.05) is 18.2 Å². The van der Waals surface area contributed by atoms with Crippen molar-refractivity contribution in [2.75, 3.05) is 19.6 Å². The second-order valence-corrected chi connectivity index (χ2v) is 11.5. The van der Waals surface area contributed by atoms with E-state index in [1.165, 1.54) is 0 Å². The molecule has 5 rings (SSSR count). The van der Waals surface area contributed by atoms with Crippen LogP contribution in [0.1, 0.15) is 54.4 Å². The molecule has 3 aliphatic rings. The molecule has 0 spiro atoms. The number of benzene rings is 2. The number of carbonyl (C=O) groups excluding carboxylic acids is 1. The summed E-state index contributed by atoms with van der Waals surface area (Å²) in [5.74, 6) is -0.00553. The van der Waals surface area contributed by atoms with Crippen molar-refractivity contribution >= 4 is 33.3 Å². The first-order valence-corrected chi connectivity index (χ1v) is 14.0. The summed E-state index contributed by atoms with van der Waals surface area (Å²) in [5, 5.41) is 3.15. The molecule has 1 saturated heterocycles. The molecule has 33 heavy (non-hydrogen) atoms. The van der Waals surface area contributed by atoms with Crippen LogP contribution in [0.15, 0.2) is 75.5 Å². The molecule has 3 aliphatic heterocycles. The van der Waals surface area contributed by atoms with Crippen molar-refractivity contribution in [3.8, 4) is 0 Å². The highest BCUT2D eigenvalue weighted by molar-refractivity contribution is 8.06. The second kappa shape index (κ2) is 9.49. The van der Waals surface area contributed by atoms with E-state index >= 15 is 0 Å². The van der Waals surface area contributed by atoms with Crippen LogP contribution < -0.4 is 0 Å². The second-order valence-electron chi connectivity index (χ2n) is 8.70. The van der Waals surface area contributed by atoms with Gasteiger partial charge in [0.15, 0.2) is 5.78 Å². The summed E-state index contributed by atoms with van der Waals surface area (Å²) in [6.07, 6.45) is 5.61. The number of sulfonamides is 1. The number of fused-ring (bicyclic) bond motifs is 1. The smallest absolute Gasteiger partial charge is 0.243 e. The van der Waals surface area contributed by atoms with Crippen LogP contribution in [-0.4, -0.2) is 43.0 Å². The van der Waals surface area contributed by atoms with Crippen LogP contribution >= 0.6 is 11.8 Å². The van der Waals surface area contributed by atoms with E-state index in [9.17, 15) is 13.2 Å². The first-order valence-electron chi connectivity index (χ1n) is 11.6. The van der Waals surface area contributed by atoms with Gasteiger partial charge in [-0.25, -0.2) is 8.42 Å². The van der Waals surface area contributed by atoms with Crippen LogP contribution in [0.3, 0.4) is 0 Å². The molecule has 1 fully saturated rings. The van der Waals surface area contributed by atoms with E-state index in [0.29, 0.717) is 18.7 Å². The third kappa shape index (κ3) is 4.42. The zero-order chi connectivity index (χ0) is 22.8. The maximum absolute atomic E-state index is 13.5. The lowest BCUT2D eigenvalue weighted by Crippen LogP contribution is -2.35. The molecule has 0 radical (unpaired) electrons. The largest absolute Gasteiger partial charge is 0.335 e. The number of Topliss-reactive ketones (excluding diaryl/α,β-unsaturated/α-hetero) is 1. The zero-order valence-electron chi connectivity index (χ0n) is 18.6. The zero-order valence-corrected chi connectivity index (χ0v) is 20.2. The van der Waals surface area contributed by atoms with Crippen LogP contribution in [-0.2, 0) is 10.0 Å². The van der Waals surface area contributed by atoms with Crippen molar-refractivity contribution in [1.82, 2.24) is 9.21 Å². The minimum Gasteiger partial charge on any atom is -0.335 e. The van der Waals surface area contributed by atoms with Crippen LogP contribution in [0.5, 0.6) is 0 Å². The van der Waals surface area contributed by atoms with Gasteiger partial charge in [0.1, 0.15) is 0 Å². The number of hydrogen-bond donors (Lipinski definition) is 0. The molecule has 0 aliphatic carbocycles. The number of nitrogens with zero attached hydrogens (tertiary/aromatic N) is 2. The quantitative estimate of drug-likeness (QED) is 0.530. The molecule has 0 amide bonds. The number of piperidine rings is 1. The van der Waals surface area contributed by atoms with Gasteiger partial charge in [0, 0.05) is 36.2 Å². The van der Waals surface area contributed by atoms with Gasteiger partial charge < -0.3 is 4.90 Å². The van der Waals surface area contributed by atoms with Gasteiger partial charge in [0.2, 0.25) is 10.0 Å². The van der Waals surface area contributed by atoms with Crippen LogP contribution in [0.25, 0.3) is 5.70 Å². The topological polar surface area (TPSA) is 57.7 Å². The first-order chi connectivity index (χ1) is 16.1. The third-order valence-electron chi connectivity index (χ3n) is 6.55. The summed E-state index contributed by atoms with van der Waals surface area (Å²) in [6, 6.07) is 16.8. The van der Waals surface area contributed by atoms with Crippen LogP contribution in [0.4, 0.5) is 0 Å². The number of ketones is 1. The van der Waals surface area contributed by atoms with Crippen LogP contribution in [0, 0.1) is 0 Å². The summed E-state index contributed by atoms with van der Waals surface area (Å²) in [6.45, 7) is 2.04. The highest BCUT2D eigenvalue weighted by Gasteiger charge is 2.31. The average Bonchev–Trinajstić information content (AvgIpc) is 3.17. The molecule has 2 aromatic carbocycles. The summed E-state index contributed by atoms with van der Waals surface area (Å²) >= 11 is 1.62. The van der Waals surface area contributed by atoms with E-state index in [1.54, 1.807) is 40.3 Å². The van der Waals surface area contributed by atoms with E-state index in [0.717, 1.165) is 66.9 Å². The highest BCUT2D eigenvalue weighted by atomic mass is 32.2. The molecule has 3 heterocycles. The maximum Gasteiger partial charge on any atom is 0.243 e. The maximum atomic E-state index is 13.5. The Bertz CT molecular complexity index is 1200. The predicted octanol–water partition coefficient (Wildman–Crippen LogP) is 5.49. The number of rotatable bonds is 5. The normalized spacial score (nSPS) is 19.8. The average molecular weight is 481 g/mol. The van der Waals surface area contributed by atoms with E-state index < -0.39 is 10.0 Å². The summed E-state index contributed by atoms with van der Waals surface area (Å²) < 4.78 is 27.5. The lowest BCUT2D eigenvalue weighted by Gasteiger charge is -2.26. The Morgan fingerprint density at radius 3 is 2.24 bits per heavy atom. The lowest BCUT2D eigenvalue weighted by atomic mass is 10.00. The molecule has 0 N–H and O–H groups in total.